The second kappa shape index (κ2) is 8.47. The summed E-state index contributed by atoms with van der Waals surface area (Å²) in [6.07, 6.45) is 4.76. The number of nitrogens with one attached hydrogen (secondary N) is 1. The van der Waals surface area contributed by atoms with Crippen LogP contribution in [0.25, 0.3) is 17.3 Å². The van der Waals surface area contributed by atoms with E-state index < -0.39 is 0 Å². The lowest BCUT2D eigenvalue weighted by Gasteiger charge is -2.07. The molecule has 0 bridgehead atoms. The van der Waals surface area contributed by atoms with Crippen LogP contribution in [-0.2, 0) is 6.42 Å². The molecule has 31 heavy (non-hydrogen) atoms. The third-order valence-corrected chi connectivity index (χ3v) is 4.84. The van der Waals surface area contributed by atoms with Crippen molar-refractivity contribution in [2.24, 2.45) is 0 Å². The van der Waals surface area contributed by atoms with Gasteiger partial charge in [0.15, 0.2) is 11.6 Å². The van der Waals surface area contributed by atoms with Gasteiger partial charge in [0.05, 0.1) is 23.0 Å². The number of aryl methyl sites for hydroxylation is 2. The van der Waals surface area contributed by atoms with Crippen LogP contribution in [0.3, 0.4) is 0 Å². The Kier molecular flexibility index (Phi) is 5.57. The highest BCUT2D eigenvalue weighted by atomic mass is 19.1. The summed E-state index contributed by atoms with van der Waals surface area (Å²) < 4.78 is 20.6. The molecule has 3 aromatic heterocycles. The zero-order valence-electron chi connectivity index (χ0n) is 17.4. The van der Waals surface area contributed by atoms with Gasteiger partial charge in [-0.05, 0) is 50.1 Å². The molecule has 1 N–H and O–H groups in total. The summed E-state index contributed by atoms with van der Waals surface area (Å²) in [4.78, 5) is 21.4. The molecule has 0 aliphatic rings. The smallest absolute Gasteiger partial charge is 0.259 e. The van der Waals surface area contributed by atoms with Crippen LogP contribution in [0.5, 0.6) is 0 Å². The topological polar surface area (TPSA) is 98.7 Å². The van der Waals surface area contributed by atoms with Gasteiger partial charge in [-0.15, -0.1) is 0 Å². The monoisotopic (exact) mass is 420 g/mol. The Balaban J connectivity index is 1.53. The number of amides is 1. The number of anilines is 1. The van der Waals surface area contributed by atoms with E-state index >= 15 is 0 Å². The molecule has 1 aromatic carbocycles. The van der Waals surface area contributed by atoms with E-state index in [0.717, 1.165) is 12.8 Å². The van der Waals surface area contributed by atoms with E-state index in [4.69, 9.17) is 4.52 Å². The number of aromatic nitrogens is 5. The van der Waals surface area contributed by atoms with Crippen molar-refractivity contribution < 1.29 is 13.7 Å². The fourth-order valence-electron chi connectivity index (χ4n) is 3.07. The molecule has 0 unspecified atom stereocenters. The van der Waals surface area contributed by atoms with Gasteiger partial charge >= 0.3 is 0 Å². The Morgan fingerprint density at radius 1 is 1.19 bits per heavy atom. The summed E-state index contributed by atoms with van der Waals surface area (Å²) in [5, 5.41) is 10.9. The number of rotatable bonds is 6. The van der Waals surface area contributed by atoms with Gasteiger partial charge in [0.2, 0.25) is 0 Å². The maximum Gasteiger partial charge on any atom is 0.259 e. The summed E-state index contributed by atoms with van der Waals surface area (Å²) in [5.74, 6) is 0.851. The number of benzene rings is 1. The van der Waals surface area contributed by atoms with Crippen LogP contribution in [0.15, 0.2) is 47.2 Å². The standard InChI is InChI=1S/C22H21FN6O2/c1-4-5-19-27-22(31-28-19)15-7-9-20(24-11-15)29-14(3)17(12-25-29)21(30)26-16-8-6-13(2)18(23)10-16/h6-12H,4-5H2,1-3H3,(H,26,30). The second-order valence-electron chi connectivity index (χ2n) is 7.14. The van der Waals surface area contributed by atoms with Gasteiger partial charge in [-0.3, -0.25) is 4.79 Å². The zero-order chi connectivity index (χ0) is 22.0. The van der Waals surface area contributed by atoms with Gasteiger partial charge in [0.25, 0.3) is 11.8 Å². The molecule has 8 nitrogen and oxygen atoms in total. The highest BCUT2D eigenvalue weighted by molar-refractivity contribution is 6.05. The lowest BCUT2D eigenvalue weighted by molar-refractivity contribution is 0.102. The minimum absolute atomic E-state index is 0.368. The molecular formula is C22H21FN6O2. The van der Waals surface area contributed by atoms with Crippen LogP contribution >= 0.6 is 0 Å². The number of carbonyl (C=O) groups excluding carboxylic acids is 1. The maximum absolute atomic E-state index is 13.7. The number of pyridine rings is 1. The first-order valence-electron chi connectivity index (χ1n) is 9.87. The molecule has 9 heteroatoms. The van der Waals surface area contributed by atoms with Crippen LogP contribution < -0.4 is 5.32 Å². The van der Waals surface area contributed by atoms with Crippen LogP contribution in [0, 0.1) is 19.7 Å². The van der Waals surface area contributed by atoms with Gasteiger partial charge in [0, 0.05) is 18.3 Å². The molecule has 0 saturated heterocycles. The Morgan fingerprint density at radius 3 is 2.74 bits per heavy atom. The fraction of sp³-hybridized carbons (Fsp3) is 0.227. The molecule has 3 heterocycles. The third kappa shape index (κ3) is 4.20. The molecule has 0 aliphatic carbocycles. The van der Waals surface area contributed by atoms with Crippen molar-refractivity contribution in [3.63, 3.8) is 0 Å². The number of hydrogen-bond acceptors (Lipinski definition) is 6. The van der Waals surface area contributed by atoms with Crippen molar-refractivity contribution in [1.82, 2.24) is 24.9 Å². The van der Waals surface area contributed by atoms with Gasteiger partial charge < -0.3 is 9.84 Å². The van der Waals surface area contributed by atoms with E-state index in [-0.39, 0.29) is 11.7 Å². The minimum Gasteiger partial charge on any atom is -0.334 e. The largest absolute Gasteiger partial charge is 0.334 e. The van der Waals surface area contributed by atoms with E-state index in [1.54, 1.807) is 42.9 Å². The molecule has 0 saturated carbocycles. The predicted octanol–water partition coefficient (Wildman–Crippen LogP) is 4.28. The lowest BCUT2D eigenvalue weighted by Crippen LogP contribution is -2.13. The van der Waals surface area contributed by atoms with Crippen LogP contribution in [0.4, 0.5) is 10.1 Å². The van der Waals surface area contributed by atoms with E-state index in [2.05, 4.69) is 25.5 Å². The Labute approximate surface area is 178 Å². The fourth-order valence-corrected chi connectivity index (χ4v) is 3.07. The van der Waals surface area contributed by atoms with Crippen LogP contribution in [0.1, 0.15) is 40.8 Å². The first-order chi connectivity index (χ1) is 15.0. The summed E-state index contributed by atoms with van der Waals surface area (Å²) >= 11 is 0. The molecule has 0 atom stereocenters. The van der Waals surface area contributed by atoms with E-state index in [1.165, 1.54) is 12.3 Å². The predicted molar refractivity (Wildman–Crippen MR) is 112 cm³/mol. The zero-order valence-corrected chi connectivity index (χ0v) is 17.4. The van der Waals surface area contributed by atoms with E-state index in [1.807, 2.05) is 13.0 Å². The molecule has 158 valence electrons. The van der Waals surface area contributed by atoms with Gasteiger partial charge in [-0.2, -0.15) is 10.1 Å². The van der Waals surface area contributed by atoms with Crippen LogP contribution in [0.2, 0.25) is 0 Å². The molecule has 0 fully saturated rings. The van der Waals surface area contributed by atoms with Gasteiger partial charge in [-0.1, -0.05) is 18.1 Å². The molecule has 0 aliphatic heterocycles. The molecule has 0 radical (unpaired) electrons. The summed E-state index contributed by atoms with van der Waals surface area (Å²) in [6, 6.07) is 8.12. The van der Waals surface area contributed by atoms with E-state index in [0.29, 0.717) is 45.6 Å². The number of halogens is 1. The number of hydrogen-bond donors (Lipinski definition) is 1. The number of nitrogens with zero attached hydrogens (tertiary/aromatic N) is 5. The molecule has 1 amide bonds. The summed E-state index contributed by atoms with van der Waals surface area (Å²) in [7, 11) is 0. The Hall–Kier alpha value is -3.88. The normalized spacial score (nSPS) is 11.0. The molecule has 4 rings (SSSR count). The third-order valence-electron chi connectivity index (χ3n) is 4.84. The first kappa shape index (κ1) is 20.4. The Bertz CT molecular complexity index is 1230. The van der Waals surface area contributed by atoms with Crippen molar-refractivity contribution in [2.45, 2.75) is 33.6 Å². The van der Waals surface area contributed by atoms with Gasteiger partial charge in [0.1, 0.15) is 5.82 Å². The SMILES string of the molecule is CCCc1noc(-c2ccc(-n3ncc(C(=O)Nc4ccc(C)c(F)c4)c3C)nc2)n1. The second-order valence-corrected chi connectivity index (χ2v) is 7.14. The van der Waals surface area contributed by atoms with E-state index in [9.17, 15) is 9.18 Å². The van der Waals surface area contributed by atoms with Crippen molar-refractivity contribution in [1.29, 1.82) is 0 Å². The summed E-state index contributed by atoms with van der Waals surface area (Å²) in [5.41, 5.74) is 2.56. The van der Waals surface area contributed by atoms with Crippen molar-refractivity contribution in [3.8, 4) is 17.3 Å². The quantitative estimate of drug-likeness (QED) is 0.500. The Morgan fingerprint density at radius 2 is 2.03 bits per heavy atom. The average molecular weight is 420 g/mol. The van der Waals surface area contributed by atoms with Gasteiger partial charge in [-0.25, -0.2) is 14.1 Å². The van der Waals surface area contributed by atoms with Crippen molar-refractivity contribution in [3.05, 3.63) is 71.2 Å². The lowest BCUT2D eigenvalue weighted by atomic mass is 10.2. The maximum atomic E-state index is 13.7. The highest BCUT2D eigenvalue weighted by Gasteiger charge is 2.17. The average Bonchev–Trinajstić information content (AvgIpc) is 3.38. The molecule has 0 spiro atoms. The van der Waals surface area contributed by atoms with Crippen LogP contribution in [-0.4, -0.2) is 30.8 Å². The van der Waals surface area contributed by atoms with Crippen molar-refractivity contribution in [2.75, 3.05) is 5.32 Å². The van der Waals surface area contributed by atoms with Crippen molar-refractivity contribution >= 4 is 11.6 Å². The molecule has 4 aromatic rings. The minimum atomic E-state index is -0.377. The molecular weight excluding hydrogens is 399 g/mol. The number of carbonyl (C=O) groups is 1. The summed E-state index contributed by atoms with van der Waals surface area (Å²) in [6.45, 7) is 5.48. The highest BCUT2D eigenvalue weighted by Crippen LogP contribution is 2.20. The first-order valence-corrected chi connectivity index (χ1v) is 9.87.